The minimum Gasteiger partial charge on any atom is -0.483 e. The van der Waals surface area contributed by atoms with Gasteiger partial charge in [-0.05, 0) is 78.0 Å². The number of nitrogens with one attached hydrogen (secondary N) is 1. The zero-order valence-electron chi connectivity index (χ0n) is 17.2. The largest absolute Gasteiger partial charge is 0.483 e. The number of anilines is 1. The molecule has 0 bridgehead atoms. The molecule has 1 N–H and O–H groups in total. The van der Waals surface area contributed by atoms with Crippen molar-refractivity contribution in [3.63, 3.8) is 0 Å². The van der Waals surface area contributed by atoms with Crippen LogP contribution in [0.2, 0.25) is 5.02 Å². The third-order valence-electron chi connectivity index (χ3n) is 4.65. The number of ketones is 1. The fourth-order valence-corrected chi connectivity index (χ4v) is 3.72. The number of carbonyl (C=O) groups excluding carboxylic acids is 2. The maximum atomic E-state index is 14.0. The van der Waals surface area contributed by atoms with Gasteiger partial charge in [-0.15, -0.1) is 0 Å². The maximum Gasteiger partial charge on any atom is 0.416 e. The van der Waals surface area contributed by atoms with Gasteiger partial charge in [-0.2, -0.15) is 13.2 Å². The molecule has 34 heavy (non-hydrogen) atoms. The Morgan fingerprint density at radius 2 is 1.76 bits per heavy atom. The highest BCUT2D eigenvalue weighted by atomic mass is 127. The van der Waals surface area contributed by atoms with Crippen molar-refractivity contribution in [3.05, 3.63) is 91.0 Å². The first-order valence-corrected chi connectivity index (χ1v) is 10.9. The Kier molecular flexibility index (Phi) is 7.81. The Morgan fingerprint density at radius 1 is 1.06 bits per heavy atom. The molecule has 0 radical (unpaired) electrons. The Hall–Kier alpha value is -2.73. The Balaban J connectivity index is 1.83. The van der Waals surface area contributed by atoms with Crippen LogP contribution in [-0.4, -0.2) is 18.3 Å². The number of hydrogen-bond acceptors (Lipinski definition) is 3. The number of rotatable bonds is 6. The lowest BCUT2D eigenvalue weighted by molar-refractivity contribution is -0.137. The van der Waals surface area contributed by atoms with Crippen LogP contribution in [0.3, 0.4) is 0 Å². The highest BCUT2D eigenvalue weighted by Gasteiger charge is 2.32. The highest BCUT2D eigenvalue weighted by Crippen LogP contribution is 2.32. The smallest absolute Gasteiger partial charge is 0.416 e. The van der Waals surface area contributed by atoms with E-state index in [-0.39, 0.29) is 33.7 Å². The molecule has 0 aromatic heterocycles. The zero-order chi connectivity index (χ0) is 25.2. The molecule has 0 heterocycles. The average Bonchev–Trinajstić information content (AvgIpc) is 2.77. The molecule has 3 aromatic rings. The second-order valence-corrected chi connectivity index (χ2v) is 8.67. The molecule has 0 fully saturated rings. The van der Waals surface area contributed by atoms with Crippen molar-refractivity contribution in [2.75, 3.05) is 11.9 Å². The van der Waals surface area contributed by atoms with E-state index >= 15 is 0 Å². The van der Waals surface area contributed by atoms with Crippen LogP contribution < -0.4 is 10.1 Å². The second kappa shape index (κ2) is 10.3. The summed E-state index contributed by atoms with van der Waals surface area (Å²) in [5, 5.41) is 2.55. The van der Waals surface area contributed by atoms with Crippen LogP contribution in [0.25, 0.3) is 0 Å². The number of carbonyl (C=O) groups is 2. The normalized spacial score (nSPS) is 11.3. The molecular formula is C23H14ClF5INO3. The van der Waals surface area contributed by atoms with Gasteiger partial charge in [0.2, 0.25) is 0 Å². The summed E-state index contributed by atoms with van der Waals surface area (Å²) in [5.41, 5.74) is -1.74. The summed E-state index contributed by atoms with van der Waals surface area (Å²) in [4.78, 5) is 25.2. The van der Waals surface area contributed by atoms with E-state index in [2.05, 4.69) is 5.32 Å². The van der Waals surface area contributed by atoms with Crippen LogP contribution in [0.5, 0.6) is 5.75 Å². The van der Waals surface area contributed by atoms with E-state index in [1.165, 1.54) is 31.2 Å². The molecule has 3 rings (SSSR count). The maximum absolute atomic E-state index is 14.0. The predicted octanol–water partition coefficient (Wildman–Crippen LogP) is 6.80. The van der Waals surface area contributed by atoms with Gasteiger partial charge in [0.25, 0.3) is 5.91 Å². The number of ether oxygens (including phenoxy) is 1. The molecule has 0 saturated carbocycles. The predicted molar refractivity (Wildman–Crippen MR) is 124 cm³/mol. The van der Waals surface area contributed by atoms with Crippen molar-refractivity contribution in [3.8, 4) is 5.75 Å². The van der Waals surface area contributed by atoms with E-state index in [9.17, 15) is 31.5 Å². The third-order valence-corrected chi connectivity index (χ3v) is 5.71. The van der Waals surface area contributed by atoms with Crippen LogP contribution in [0.1, 0.15) is 27.0 Å². The molecule has 3 aromatic carbocycles. The van der Waals surface area contributed by atoms with Gasteiger partial charge in [-0.25, -0.2) is 8.78 Å². The van der Waals surface area contributed by atoms with Crippen LogP contribution in [0, 0.1) is 22.1 Å². The third kappa shape index (κ3) is 6.03. The van der Waals surface area contributed by atoms with Gasteiger partial charge in [-0.1, -0.05) is 11.6 Å². The van der Waals surface area contributed by atoms with E-state index in [0.717, 1.165) is 6.07 Å². The molecule has 0 aliphatic carbocycles. The molecule has 0 aliphatic rings. The zero-order valence-corrected chi connectivity index (χ0v) is 20.1. The monoisotopic (exact) mass is 609 g/mol. The van der Waals surface area contributed by atoms with E-state index in [1.807, 2.05) is 22.6 Å². The summed E-state index contributed by atoms with van der Waals surface area (Å²) in [5.74, 6) is -3.56. The Morgan fingerprint density at radius 3 is 2.44 bits per heavy atom. The minimum atomic E-state index is -4.87. The van der Waals surface area contributed by atoms with Gasteiger partial charge in [0.15, 0.2) is 12.4 Å². The lowest BCUT2D eigenvalue weighted by Gasteiger charge is -2.14. The summed E-state index contributed by atoms with van der Waals surface area (Å²) in [6.07, 6.45) is -4.87. The SMILES string of the molecule is Cc1c(NC(=O)COc2ccc(Cl)cc2C(=O)c2cc(F)cc(C(F)(F)F)c2)ccc(I)c1F. The molecule has 0 atom stereocenters. The van der Waals surface area contributed by atoms with Crippen molar-refractivity contribution in [2.24, 2.45) is 0 Å². The Labute approximate surface area is 209 Å². The fraction of sp³-hybridized carbons (Fsp3) is 0.130. The van der Waals surface area contributed by atoms with E-state index in [0.29, 0.717) is 15.7 Å². The summed E-state index contributed by atoms with van der Waals surface area (Å²) in [7, 11) is 0. The van der Waals surface area contributed by atoms with Crippen molar-refractivity contribution >= 4 is 51.6 Å². The topological polar surface area (TPSA) is 55.4 Å². The fourth-order valence-electron chi connectivity index (χ4n) is 2.96. The van der Waals surface area contributed by atoms with E-state index in [1.54, 1.807) is 0 Å². The minimum absolute atomic E-state index is 0.0672. The summed E-state index contributed by atoms with van der Waals surface area (Å²) < 4.78 is 72.6. The first-order chi connectivity index (χ1) is 15.9. The molecule has 0 saturated heterocycles. The van der Waals surface area contributed by atoms with Crippen molar-refractivity contribution in [2.45, 2.75) is 13.1 Å². The molecular weight excluding hydrogens is 596 g/mol. The number of hydrogen-bond donors (Lipinski definition) is 1. The van der Waals surface area contributed by atoms with Gasteiger partial charge in [-0.3, -0.25) is 9.59 Å². The number of alkyl halides is 3. The van der Waals surface area contributed by atoms with Crippen LogP contribution in [0.4, 0.5) is 27.6 Å². The summed E-state index contributed by atoms with van der Waals surface area (Å²) >= 11 is 7.73. The molecule has 0 spiro atoms. The average molecular weight is 610 g/mol. The van der Waals surface area contributed by atoms with Gasteiger partial charge in [0.1, 0.15) is 17.4 Å². The quantitative estimate of drug-likeness (QED) is 0.190. The summed E-state index contributed by atoms with van der Waals surface area (Å²) in [6, 6.07) is 8.15. The first kappa shape index (κ1) is 25.9. The molecule has 1 amide bonds. The van der Waals surface area contributed by atoms with Crippen molar-refractivity contribution in [1.29, 1.82) is 0 Å². The van der Waals surface area contributed by atoms with Gasteiger partial charge in [0.05, 0.1) is 11.1 Å². The van der Waals surface area contributed by atoms with Crippen LogP contribution >= 0.6 is 34.2 Å². The number of benzene rings is 3. The van der Waals surface area contributed by atoms with Gasteiger partial charge in [0, 0.05) is 25.4 Å². The summed E-state index contributed by atoms with van der Waals surface area (Å²) in [6.45, 7) is 0.879. The lowest BCUT2D eigenvalue weighted by atomic mass is 10.00. The highest BCUT2D eigenvalue weighted by molar-refractivity contribution is 14.1. The van der Waals surface area contributed by atoms with E-state index in [4.69, 9.17) is 16.3 Å². The second-order valence-electron chi connectivity index (χ2n) is 7.07. The van der Waals surface area contributed by atoms with Crippen LogP contribution in [-0.2, 0) is 11.0 Å². The van der Waals surface area contributed by atoms with Crippen LogP contribution in [0.15, 0.2) is 48.5 Å². The van der Waals surface area contributed by atoms with Gasteiger partial charge < -0.3 is 10.1 Å². The standard InChI is InChI=1S/C23H14ClF5INO3/c1-11-18(4-3-17(30)21(11)26)31-20(32)10-34-19-5-2-14(24)9-16(19)22(33)12-6-13(23(27,28)29)8-15(25)7-12/h2-9H,10H2,1H3,(H,31,32). The molecule has 0 aliphatic heterocycles. The molecule has 11 heteroatoms. The molecule has 4 nitrogen and oxygen atoms in total. The van der Waals surface area contributed by atoms with Gasteiger partial charge >= 0.3 is 6.18 Å². The number of halogens is 7. The molecule has 178 valence electrons. The van der Waals surface area contributed by atoms with Crippen molar-refractivity contribution < 1.29 is 36.3 Å². The first-order valence-electron chi connectivity index (χ1n) is 9.46. The van der Waals surface area contributed by atoms with Crippen molar-refractivity contribution in [1.82, 2.24) is 0 Å². The number of amides is 1. The molecule has 0 unspecified atom stereocenters. The lowest BCUT2D eigenvalue weighted by Crippen LogP contribution is -2.21. The van der Waals surface area contributed by atoms with E-state index < -0.39 is 47.2 Å². The Bertz CT molecular complexity index is 1280.